The maximum atomic E-state index is 12.3. The Bertz CT molecular complexity index is 780. The summed E-state index contributed by atoms with van der Waals surface area (Å²) in [7, 11) is -2.05. The molecule has 0 N–H and O–H groups in total. The summed E-state index contributed by atoms with van der Waals surface area (Å²) in [6.45, 7) is 3.93. The molecular weight excluding hydrogens is 291 g/mol. The van der Waals surface area contributed by atoms with Crippen molar-refractivity contribution in [2.24, 2.45) is 0 Å². The molecule has 2 heterocycles. The zero-order valence-corrected chi connectivity index (χ0v) is 13.2. The standard InChI is InChI=1S/C15H15N2OP.ClH/c1-10-12-7-11(8-16)3-4-14(12)17-15-5-6-19(2,18)9-13(10)15;/h3-4,7H,5-6,9H2,1-2H3;1H. The van der Waals surface area contributed by atoms with Gasteiger partial charge in [-0.15, -0.1) is 12.4 Å². The minimum absolute atomic E-state index is 0. The van der Waals surface area contributed by atoms with Gasteiger partial charge < -0.3 is 4.57 Å². The van der Waals surface area contributed by atoms with Crippen LogP contribution in [-0.2, 0) is 17.1 Å². The third-order valence-electron chi connectivity index (χ3n) is 3.90. The number of hydrogen-bond acceptors (Lipinski definition) is 3. The molecule has 1 aromatic carbocycles. The molecule has 3 nitrogen and oxygen atoms in total. The first-order chi connectivity index (χ1) is 9.00. The number of nitrogens with zero attached hydrogens (tertiary/aromatic N) is 2. The van der Waals surface area contributed by atoms with Crippen molar-refractivity contribution < 1.29 is 4.57 Å². The highest BCUT2D eigenvalue weighted by atomic mass is 35.5. The molecule has 104 valence electrons. The zero-order chi connectivity index (χ0) is 13.6. The smallest absolute Gasteiger partial charge is 0.0991 e. The summed E-state index contributed by atoms with van der Waals surface area (Å²) in [5.41, 5.74) is 4.94. The van der Waals surface area contributed by atoms with E-state index < -0.39 is 7.14 Å². The van der Waals surface area contributed by atoms with E-state index in [1.807, 2.05) is 18.8 Å². The first-order valence-corrected chi connectivity index (χ1v) is 8.90. The summed E-state index contributed by atoms with van der Waals surface area (Å²) < 4.78 is 12.3. The van der Waals surface area contributed by atoms with Gasteiger partial charge in [-0.1, -0.05) is 0 Å². The van der Waals surface area contributed by atoms with Gasteiger partial charge in [0.25, 0.3) is 0 Å². The van der Waals surface area contributed by atoms with Gasteiger partial charge in [-0.05, 0) is 49.3 Å². The molecule has 0 spiro atoms. The lowest BCUT2D eigenvalue weighted by Gasteiger charge is -2.24. The van der Waals surface area contributed by atoms with E-state index in [0.717, 1.165) is 40.3 Å². The molecule has 5 heteroatoms. The minimum atomic E-state index is -2.05. The molecule has 0 saturated heterocycles. The van der Waals surface area contributed by atoms with E-state index in [9.17, 15) is 4.57 Å². The monoisotopic (exact) mass is 306 g/mol. The van der Waals surface area contributed by atoms with Gasteiger partial charge in [-0.3, -0.25) is 4.98 Å². The molecule has 0 bridgehead atoms. The SMILES string of the molecule is Cc1c2c(nc3ccc(C#N)cc13)CCP(C)(=O)C2.Cl. The first kappa shape index (κ1) is 15.0. The van der Waals surface area contributed by atoms with Crippen LogP contribution >= 0.6 is 19.5 Å². The Labute approximate surface area is 124 Å². The summed E-state index contributed by atoms with van der Waals surface area (Å²) >= 11 is 0. The highest BCUT2D eigenvalue weighted by Gasteiger charge is 2.26. The number of hydrogen-bond donors (Lipinski definition) is 0. The van der Waals surface area contributed by atoms with E-state index in [4.69, 9.17) is 5.26 Å². The van der Waals surface area contributed by atoms with Crippen molar-refractivity contribution in [3.63, 3.8) is 0 Å². The molecule has 0 radical (unpaired) electrons. The average molecular weight is 307 g/mol. The maximum absolute atomic E-state index is 12.3. The number of benzene rings is 1. The van der Waals surface area contributed by atoms with Crippen LogP contribution in [0.5, 0.6) is 0 Å². The fourth-order valence-electron chi connectivity index (χ4n) is 2.77. The highest BCUT2D eigenvalue weighted by Crippen LogP contribution is 2.50. The number of halogens is 1. The molecule has 1 aromatic heterocycles. The third-order valence-corrected chi connectivity index (χ3v) is 6.06. The zero-order valence-electron chi connectivity index (χ0n) is 11.5. The molecule has 0 saturated carbocycles. The number of rotatable bonds is 0. The summed E-state index contributed by atoms with van der Waals surface area (Å²) in [6.07, 6.45) is 2.21. The van der Waals surface area contributed by atoms with Gasteiger partial charge in [0.2, 0.25) is 0 Å². The van der Waals surface area contributed by atoms with Crippen molar-refractivity contribution in [2.45, 2.75) is 19.5 Å². The molecule has 2 aromatic rings. The molecule has 0 fully saturated rings. The van der Waals surface area contributed by atoms with Crippen LogP contribution in [0.3, 0.4) is 0 Å². The van der Waals surface area contributed by atoms with Crippen molar-refractivity contribution in [3.8, 4) is 6.07 Å². The van der Waals surface area contributed by atoms with E-state index in [1.165, 1.54) is 0 Å². The first-order valence-electron chi connectivity index (χ1n) is 6.38. The Hall–Kier alpha value is -1.36. The van der Waals surface area contributed by atoms with Crippen LogP contribution in [0.15, 0.2) is 18.2 Å². The van der Waals surface area contributed by atoms with Crippen molar-refractivity contribution in [3.05, 3.63) is 40.6 Å². The molecule has 0 aliphatic carbocycles. The largest absolute Gasteiger partial charge is 0.323 e. The van der Waals surface area contributed by atoms with Gasteiger partial charge in [0.15, 0.2) is 0 Å². The predicted molar refractivity (Wildman–Crippen MR) is 84.2 cm³/mol. The summed E-state index contributed by atoms with van der Waals surface area (Å²) in [4.78, 5) is 4.69. The van der Waals surface area contributed by atoms with Crippen LogP contribution in [0.4, 0.5) is 0 Å². The Balaban J connectivity index is 0.00000147. The number of pyridine rings is 1. The number of aromatic nitrogens is 1. The lowest BCUT2D eigenvalue weighted by atomic mass is 10.00. The van der Waals surface area contributed by atoms with Gasteiger partial charge in [0.1, 0.15) is 0 Å². The minimum Gasteiger partial charge on any atom is -0.323 e. The van der Waals surface area contributed by atoms with E-state index in [2.05, 4.69) is 18.0 Å². The molecular formula is C15H16ClN2OP. The summed E-state index contributed by atoms with van der Waals surface area (Å²) in [5, 5.41) is 10.0. The molecule has 3 rings (SSSR count). The van der Waals surface area contributed by atoms with Crippen LogP contribution in [0.2, 0.25) is 0 Å². The Kier molecular flexibility index (Phi) is 3.91. The lowest BCUT2D eigenvalue weighted by Crippen LogP contribution is -2.11. The average Bonchev–Trinajstić information content (AvgIpc) is 2.39. The molecule has 1 aliphatic rings. The lowest BCUT2D eigenvalue weighted by molar-refractivity contribution is 0.574. The van der Waals surface area contributed by atoms with Crippen molar-refractivity contribution >= 4 is 30.5 Å². The highest BCUT2D eigenvalue weighted by molar-refractivity contribution is 7.62. The van der Waals surface area contributed by atoms with Gasteiger partial charge in [0, 0.05) is 23.4 Å². The fourth-order valence-corrected chi connectivity index (χ4v) is 4.70. The quantitative estimate of drug-likeness (QED) is 0.694. The van der Waals surface area contributed by atoms with Gasteiger partial charge in [-0.2, -0.15) is 5.26 Å². The summed E-state index contributed by atoms with van der Waals surface area (Å²) in [5.74, 6) is 0. The normalized spacial score (nSPS) is 20.9. The van der Waals surface area contributed by atoms with Crippen LogP contribution < -0.4 is 0 Å². The topological polar surface area (TPSA) is 53.8 Å². The summed E-state index contributed by atoms with van der Waals surface area (Å²) in [6, 6.07) is 7.75. The van der Waals surface area contributed by atoms with Gasteiger partial charge >= 0.3 is 0 Å². The second-order valence-corrected chi connectivity index (χ2v) is 8.79. The maximum Gasteiger partial charge on any atom is 0.0991 e. The molecule has 0 amide bonds. The Morgan fingerprint density at radius 2 is 2.15 bits per heavy atom. The Morgan fingerprint density at radius 3 is 2.85 bits per heavy atom. The third kappa shape index (κ3) is 2.46. The van der Waals surface area contributed by atoms with Crippen molar-refractivity contribution in [1.82, 2.24) is 4.98 Å². The second kappa shape index (κ2) is 5.20. The molecule has 1 atom stereocenters. The number of aryl methyl sites for hydroxylation is 2. The number of fused-ring (bicyclic) bond motifs is 2. The molecule has 1 unspecified atom stereocenters. The molecule has 20 heavy (non-hydrogen) atoms. The van der Waals surface area contributed by atoms with E-state index >= 15 is 0 Å². The van der Waals surface area contributed by atoms with E-state index in [1.54, 1.807) is 6.07 Å². The predicted octanol–water partition coefficient (Wildman–Crippen LogP) is 3.89. The Morgan fingerprint density at radius 1 is 1.40 bits per heavy atom. The van der Waals surface area contributed by atoms with E-state index in [-0.39, 0.29) is 12.4 Å². The molecule has 1 aliphatic heterocycles. The van der Waals surface area contributed by atoms with Crippen LogP contribution in [0.1, 0.15) is 22.4 Å². The van der Waals surface area contributed by atoms with Crippen LogP contribution in [-0.4, -0.2) is 17.8 Å². The fraction of sp³-hybridized carbons (Fsp3) is 0.333. The van der Waals surface area contributed by atoms with Crippen molar-refractivity contribution in [1.29, 1.82) is 5.26 Å². The van der Waals surface area contributed by atoms with Crippen LogP contribution in [0.25, 0.3) is 10.9 Å². The van der Waals surface area contributed by atoms with Gasteiger partial charge in [0.05, 0.1) is 24.3 Å². The number of nitriles is 1. The van der Waals surface area contributed by atoms with Gasteiger partial charge in [-0.25, -0.2) is 0 Å². The second-order valence-electron chi connectivity index (χ2n) is 5.43. The van der Waals surface area contributed by atoms with Crippen molar-refractivity contribution in [2.75, 3.05) is 12.8 Å². The van der Waals surface area contributed by atoms with Crippen LogP contribution in [0, 0.1) is 18.3 Å². The van der Waals surface area contributed by atoms with E-state index in [0.29, 0.717) is 11.7 Å².